The maximum absolute atomic E-state index is 11.0. The van der Waals surface area contributed by atoms with Crippen LogP contribution in [0, 0.1) is 0 Å². The van der Waals surface area contributed by atoms with Crippen LogP contribution in [0.15, 0.2) is 42.5 Å². The van der Waals surface area contributed by atoms with Gasteiger partial charge in [0.05, 0.1) is 18.2 Å². The Bertz CT molecular complexity index is 685. The number of carboxylic acid groups (broad SMARTS) is 1. The standard InChI is InChI=1S/C16H16N2O3/c17-13-9-10(5-6-11(13)16(19)20)18-14-7-8-21-15-4-2-1-3-12(14)15/h1-6,9,14,18H,7-8,17H2,(H,19,20). The number of para-hydroxylation sites is 1. The van der Waals surface area contributed by atoms with Gasteiger partial charge in [-0.15, -0.1) is 0 Å². The van der Waals surface area contributed by atoms with Gasteiger partial charge < -0.3 is 20.9 Å². The average molecular weight is 284 g/mol. The number of benzene rings is 2. The number of hydrogen-bond acceptors (Lipinski definition) is 4. The van der Waals surface area contributed by atoms with Gasteiger partial charge in [0.1, 0.15) is 5.75 Å². The van der Waals surface area contributed by atoms with Crippen LogP contribution >= 0.6 is 0 Å². The summed E-state index contributed by atoms with van der Waals surface area (Å²) >= 11 is 0. The van der Waals surface area contributed by atoms with Crippen molar-refractivity contribution in [2.75, 3.05) is 17.7 Å². The van der Waals surface area contributed by atoms with Gasteiger partial charge in [-0.3, -0.25) is 0 Å². The molecule has 0 bridgehead atoms. The molecule has 0 spiro atoms. The van der Waals surface area contributed by atoms with E-state index in [0.717, 1.165) is 23.4 Å². The van der Waals surface area contributed by atoms with Crippen LogP contribution in [0.2, 0.25) is 0 Å². The van der Waals surface area contributed by atoms with Crippen LogP contribution in [0.5, 0.6) is 5.75 Å². The Morgan fingerprint density at radius 3 is 2.86 bits per heavy atom. The molecule has 0 radical (unpaired) electrons. The van der Waals surface area contributed by atoms with Gasteiger partial charge >= 0.3 is 5.97 Å². The summed E-state index contributed by atoms with van der Waals surface area (Å²) in [5.74, 6) is -0.133. The van der Waals surface area contributed by atoms with Crippen molar-refractivity contribution in [3.63, 3.8) is 0 Å². The number of fused-ring (bicyclic) bond motifs is 1. The second kappa shape index (κ2) is 5.36. The van der Waals surface area contributed by atoms with Crippen molar-refractivity contribution in [2.45, 2.75) is 12.5 Å². The Kier molecular flexibility index (Phi) is 3.39. The summed E-state index contributed by atoms with van der Waals surface area (Å²) in [6.07, 6.45) is 0.845. The number of nitrogens with two attached hydrogens (primary N) is 1. The fraction of sp³-hybridized carbons (Fsp3) is 0.188. The molecule has 0 fully saturated rings. The van der Waals surface area contributed by atoms with E-state index in [1.165, 1.54) is 6.07 Å². The summed E-state index contributed by atoms with van der Waals surface area (Å²) in [6.45, 7) is 0.650. The van der Waals surface area contributed by atoms with Crippen LogP contribution in [0.3, 0.4) is 0 Å². The number of anilines is 2. The molecule has 1 atom stereocenters. The number of aromatic carboxylic acids is 1. The predicted molar refractivity (Wildman–Crippen MR) is 80.7 cm³/mol. The van der Waals surface area contributed by atoms with Crippen molar-refractivity contribution >= 4 is 17.3 Å². The zero-order valence-corrected chi connectivity index (χ0v) is 11.4. The highest BCUT2D eigenvalue weighted by Gasteiger charge is 2.21. The van der Waals surface area contributed by atoms with Crippen LogP contribution in [0.25, 0.3) is 0 Å². The van der Waals surface area contributed by atoms with Gasteiger partial charge in [-0.05, 0) is 24.3 Å². The van der Waals surface area contributed by atoms with Gasteiger partial charge in [-0.1, -0.05) is 18.2 Å². The molecule has 0 amide bonds. The molecular weight excluding hydrogens is 268 g/mol. The molecule has 0 saturated heterocycles. The van der Waals surface area contributed by atoms with E-state index in [-0.39, 0.29) is 17.3 Å². The average Bonchev–Trinajstić information content (AvgIpc) is 2.47. The molecule has 4 N–H and O–H groups in total. The molecule has 3 rings (SSSR count). The Hall–Kier alpha value is -2.69. The van der Waals surface area contributed by atoms with Gasteiger partial charge in [0, 0.05) is 23.4 Å². The van der Waals surface area contributed by atoms with Crippen LogP contribution < -0.4 is 15.8 Å². The monoisotopic (exact) mass is 284 g/mol. The lowest BCUT2D eigenvalue weighted by molar-refractivity contribution is 0.0698. The molecule has 21 heavy (non-hydrogen) atoms. The first-order valence-corrected chi connectivity index (χ1v) is 6.76. The van der Waals surface area contributed by atoms with Crippen LogP contribution in [-0.2, 0) is 0 Å². The minimum Gasteiger partial charge on any atom is -0.493 e. The Morgan fingerprint density at radius 1 is 1.29 bits per heavy atom. The number of hydrogen-bond donors (Lipinski definition) is 3. The molecule has 1 heterocycles. The SMILES string of the molecule is Nc1cc(NC2CCOc3ccccc32)ccc1C(=O)O. The Labute approximate surface area is 122 Å². The number of nitrogens with one attached hydrogen (secondary N) is 1. The van der Waals surface area contributed by atoms with E-state index < -0.39 is 5.97 Å². The first kappa shape index (κ1) is 13.3. The van der Waals surface area contributed by atoms with Gasteiger partial charge in [0.2, 0.25) is 0 Å². The molecule has 1 aliphatic heterocycles. The number of carboxylic acids is 1. The Balaban J connectivity index is 1.85. The van der Waals surface area contributed by atoms with Crippen molar-refractivity contribution in [1.82, 2.24) is 0 Å². The number of nitrogen functional groups attached to an aromatic ring is 1. The fourth-order valence-electron chi connectivity index (χ4n) is 2.54. The minimum absolute atomic E-state index is 0.118. The summed E-state index contributed by atoms with van der Waals surface area (Å²) in [7, 11) is 0. The number of ether oxygens (including phenoxy) is 1. The van der Waals surface area contributed by atoms with Gasteiger partial charge in [-0.2, -0.15) is 0 Å². The zero-order chi connectivity index (χ0) is 14.8. The molecule has 108 valence electrons. The molecule has 0 aliphatic carbocycles. The van der Waals surface area contributed by atoms with E-state index in [2.05, 4.69) is 5.32 Å². The molecule has 5 nitrogen and oxygen atoms in total. The maximum atomic E-state index is 11.0. The molecule has 0 saturated carbocycles. The second-order valence-electron chi connectivity index (χ2n) is 4.98. The van der Waals surface area contributed by atoms with E-state index >= 15 is 0 Å². The van der Waals surface area contributed by atoms with Crippen molar-refractivity contribution in [3.8, 4) is 5.75 Å². The third kappa shape index (κ3) is 2.63. The quantitative estimate of drug-likeness (QED) is 0.755. The largest absolute Gasteiger partial charge is 0.493 e. The van der Waals surface area contributed by atoms with Crippen molar-refractivity contribution < 1.29 is 14.6 Å². The third-order valence-electron chi connectivity index (χ3n) is 3.58. The van der Waals surface area contributed by atoms with E-state index in [4.69, 9.17) is 15.6 Å². The molecule has 1 aliphatic rings. The highest BCUT2D eigenvalue weighted by atomic mass is 16.5. The highest BCUT2D eigenvalue weighted by Crippen LogP contribution is 2.34. The molecular formula is C16H16N2O3. The van der Waals surface area contributed by atoms with Gasteiger partial charge in [0.15, 0.2) is 0 Å². The first-order valence-electron chi connectivity index (χ1n) is 6.76. The van der Waals surface area contributed by atoms with Crippen LogP contribution in [0.1, 0.15) is 28.4 Å². The van der Waals surface area contributed by atoms with Crippen molar-refractivity contribution in [3.05, 3.63) is 53.6 Å². The Morgan fingerprint density at radius 2 is 2.10 bits per heavy atom. The third-order valence-corrected chi connectivity index (χ3v) is 3.58. The van der Waals surface area contributed by atoms with E-state index in [1.807, 2.05) is 24.3 Å². The lowest BCUT2D eigenvalue weighted by atomic mass is 10.00. The smallest absolute Gasteiger partial charge is 0.337 e. The molecule has 2 aromatic rings. The summed E-state index contributed by atoms with van der Waals surface area (Å²) in [5.41, 5.74) is 8.06. The van der Waals surface area contributed by atoms with Gasteiger partial charge in [0.25, 0.3) is 0 Å². The predicted octanol–water partition coefficient (Wildman–Crippen LogP) is 2.90. The number of carbonyl (C=O) groups is 1. The van der Waals surface area contributed by atoms with Crippen molar-refractivity contribution in [1.29, 1.82) is 0 Å². The molecule has 0 aromatic heterocycles. The number of rotatable bonds is 3. The minimum atomic E-state index is -1.02. The maximum Gasteiger partial charge on any atom is 0.337 e. The van der Waals surface area contributed by atoms with Crippen LogP contribution in [0.4, 0.5) is 11.4 Å². The second-order valence-corrected chi connectivity index (χ2v) is 4.98. The van der Waals surface area contributed by atoms with E-state index in [9.17, 15) is 4.79 Å². The normalized spacial score (nSPS) is 16.7. The topological polar surface area (TPSA) is 84.6 Å². The zero-order valence-electron chi connectivity index (χ0n) is 11.4. The summed E-state index contributed by atoms with van der Waals surface area (Å²) in [6, 6.07) is 12.9. The highest BCUT2D eigenvalue weighted by molar-refractivity contribution is 5.94. The summed E-state index contributed by atoms with van der Waals surface area (Å²) in [5, 5.41) is 12.4. The lowest BCUT2D eigenvalue weighted by Gasteiger charge is -2.27. The van der Waals surface area contributed by atoms with Gasteiger partial charge in [-0.25, -0.2) is 4.79 Å². The first-order chi connectivity index (χ1) is 10.1. The lowest BCUT2D eigenvalue weighted by Crippen LogP contribution is -2.20. The molecule has 5 heteroatoms. The van der Waals surface area contributed by atoms with E-state index in [0.29, 0.717) is 6.61 Å². The van der Waals surface area contributed by atoms with E-state index in [1.54, 1.807) is 12.1 Å². The molecule has 2 aromatic carbocycles. The van der Waals surface area contributed by atoms with Crippen molar-refractivity contribution in [2.24, 2.45) is 0 Å². The fourth-order valence-corrected chi connectivity index (χ4v) is 2.54. The summed E-state index contributed by atoms with van der Waals surface area (Å²) in [4.78, 5) is 11.0. The summed E-state index contributed by atoms with van der Waals surface area (Å²) < 4.78 is 5.62. The van der Waals surface area contributed by atoms with Crippen LogP contribution in [-0.4, -0.2) is 17.7 Å². The molecule has 1 unspecified atom stereocenters.